The van der Waals surface area contributed by atoms with Crippen molar-refractivity contribution in [2.45, 2.75) is 10.8 Å². The average Bonchev–Trinajstić information content (AvgIpc) is 1.37. The van der Waals surface area contributed by atoms with Crippen LogP contribution in [-0.4, -0.2) is 30.5 Å². The molecule has 0 aliphatic rings. The predicted octanol–water partition coefficient (Wildman–Crippen LogP) is 0.406. The molecule has 0 atom stereocenters. The van der Waals surface area contributed by atoms with Crippen molar-refractivity contribution in [3.63, 3.8) is 0 Å². The zero-order chi connectivity index (χ0) is 3.41. The molecule has 0 saturated heterocycles. The summed E-state index contributed by atoms with van der Waals surface area (Å²) in [5.41, 5.74) is 0. The van der Waals surface area contributed by atoms with E-state index in [1.54, 1.807) is 0 Å². The zero-order valence-corrected chi connectivity index (χ0v) is 6.86. The molecule has 2 heteroatoms. The molecule has 0 amide bonds. The Labute approximate surface area is 41.2 Å². The molecular weight excluding hydrogens is 231 g/mol. The van der Waals surface area contributed by atoms with Crippen LogP contribution in [0.15, 0.2) is 0 Å². The first-order valence-corrected chi connectivity index (χ1v) is 10.7. The molecule has 0 aromatic carbocycles. The van der Waals surface area contributed by atoms with Gasteiger partial charge in [0.1, 0.15) is 0 Å². The molecule has 0 spiro atoms. The Morgan fingerprint density at radius 3 is 2.00 bits per heavy atom. The van der Waals surface area contributed by atoms with Gasteiger partial charge in [-0.1, -0.05) is 0 Å². The first kappa shape index (κ1) is 5.31. The van der Waals surface area contributed by atoms with Crippen molar-refractivity contribution in [1.29, 1.82) is 0 Å². The van der Waals surface area contributed by atoms with Crippen LogP contribution in [0.2, 0.25) is 10.8 Å². The molecule has 0 aromatic heterocycles. The summed E-state index contributed by atoms with van der Waals surface area (Å²) in [6.07, 6.45) is 0. The van der Waals surface area contributed by atoms with Gasteiger partial charge in [0.25, 0.3) is 0 Å². The van der Waals surface area contributed by atoms with E-state index in [2.05, 4.69) is 10.8 Å². The van der Waals surface area contributed by atoms with E-state index in [0.717, 1.165) is 11.8 Å². The Hall–Kier alpha value is 1.31. The molecule has 4 heavy (non-hydrogen) atoms. The van der Waals surface area contributed by atoms with Crippen LogP contribution in [0.1, 0.15) is 0 Å². The van der Waals surface area contributed by atoms with E-state index in [1.165, 1.54) is 0 Å². The van der Waals surface area contributed by atoms with Crippen LogP contribution in [0.25, 0.3) is 0 Å². The summed E-state index contributed by atoms with van der Waals surface area (Å²) in [4.78, 5) is 2.34. The summed E-state index contributed by atoms with van der Waals surface area (Å²) >= 11 is 1.59. The molecule has 26 valence electrons. The Kier molecular flexibility index (Phi) is 5.72. The van der Waals surface area contributed by atoms with E-state index < -0.39 is 0 Å². The van der Waals surface area contributed by atoms with Crippen LogP contribution in [0.5, 0.6) is 0 Å². The third-order valence-corrected chi connectivity index (χ3v) is 5.81. The Morgan fingerprint density at radius 2 is 2.00 bits per heavy atom. The first-order valence-electron chi connectivity index (χ1n) is 0.983. The fourth-order valence-corrected chi connectivity index (χ4v) is 0. The molecule has 0 saturated carbocycles. The summed E-state index contributed by atoms with van der Waals surface area (Å²) in [6.45, 7) is 0. The van der Waals surface area contributed by atoms with Crippen molar-refractivity contribution in [1.82, 2.24) is 0 Å². The molecule has 0 nitrogen and oxygen atoms in total. The van der Waals surface area contributed by atoms with Gasteiger partial charge in [0.15, 0.2) is 0 Å². The van der Waals surface area contributed by atoms with E-state index in [-0.39, 0.29) is 0 Å². The van der Waals surface area contributed by atoms with Crippen LogP contribution in [0, 0.1) is 0 Å². The number of hydrogen-bond donors (Lipinski definition) is 0. The van der Waals surface area contributed by atoms with Crippen molar-refractivity contribution in [2.75, 3.05) is 0 Å². The quantitative estimate of drug-likeness (QED) is 0.579. The second kappa shape index (κ2) is 4.31. The molecule has 0 heterocycles. The van der Waals surface area contributed by atoms with Gasteiger partial charge < -0.3 is 0 Å². The maximum absolute atomic E-state index is 2.34. The van der Waals surface area contributed by atoms with Crippen molar-refractivity contribution < 1.29 is 0 Å². The molecule has 0 bridgehead atoms. The Balaban J connectivity index is 1.97. The average molecular weight is 237 g/mol. The SMILES string of the molecule is C[Se][Te]C. The summed E-state index contributed by atoms with van der Waals surface area (Å²) in [5, 5.41) is 0. The summed E-state index contributed by atoms with van der Waals surface area (Å²) in [5.74, 6) is 2.30. The van der Waals surface area contributed by atoms with Crippen LogP contribution in [-0.2, 0) is 0 Å². The molecular formula is C2H6SeTe. The van der Waals surface area contributed by atoms with E-state index in [0.29, 0.717) is 18.7 Å². The third kappa shape index (κ3) is 3.31. The minimum atomic E-state index is 0.544. The molecule has 0 aromatic rings. The van der Waals surface area contributed by atoms with E-state index >= 15 is 0 Å². The van der Waals surface area contributed by atoms with Gasteiger partial charge >= 0.3 is 41.3 Å². The standard InChI is InChI=1S/C2H6SeTe/c1-3-4-2/h1-2H3. The van der Waals surface area contributed by atoms with Crippen LogP contribution < -0.4 is 0 Å². The van der Waals surface area contributed by atoms with Gasteiger partial charge in [-0.3, -0.25) is 0 Å². The van der Waals surface area contributed by atoms with Crippen LogP contribution in [0.3, 0.4) is 0 Å². The van der Waals surface area contributed by atoms with Crippen LogP contribution in [0.4, 0.5) is 0 Å². The van der Waals surface area contributed by atoms with Gasteiger partial charge in [-0.25, -0.2) is 0 Å². The molecule has 0 unspecified atom stereocenters. The second-order valence-electron chi connectivity index (χ2n) is 0.333. The molecule has 0 N–H and O–H groups in total. The molecule has 0 rings (SSSR count). The Morgan fingerprint density at radius 1 is 1.75 bits per heavy atom. The predicted molar refractivity (Wildman–Crippen MR) is 23.2 cm³/mol. The first-order chi connectivity index (χ1) is 1.91. The van der Waals surface area contributed by atoms with Crippen LogP contribution >= 0.6 is 0 Å². The van der Waals surface area contributed by atoms with Gasteiger partial charge in [-0.05, 0) is 0 Å². The molecule has 0 aliphatic heterocycles. The molecule has 0 fully saturated rings. The number of rotatable bonds is 1. The fourth-order valence-electron chi connectivity index (χ4n) is 0. The summed E-state index contributed by atoms with van der Waals surface area (Å²) < 4.78 is 0. The van der Waals surface area contributed by atoms with Gasteiger partial charge in [0.2, 0.25) is 0 Å². The van der Waals surface area contributed by atoms with E-state index in [4.69, 9.17) is 0 Å². The maximum atomic E-state index is 2.34. The normalized spacial score (nSPS) is 7.50. The zero-order valence-electron chi connectivity index (χ0n) is 2.82. The van der Waals surface area contributed by atoms with E-state index in [9.17, 15) is 0 Å². The minimum absolute atomic E-state index is 0.544. The summed E-state index contributed by atoms with van der Waals surface area (Å²) in [7, 11) is 0. The molecule has 0 radical (unpaired) electrons. The monoisotopic (exact) mass is 240 g/mol. The Bertz CT molecular complexity index is 8.00. The summed E-state index contributed by atoms with van der Waals surface area (Å²) in [6, 6.07) is 0. The topological polar surface area (TPSA) is 0 Å². The molecule has 0 aliphatic carbocycles. The second-order valence-corrected chi connectivity index (χ2v) is 11.6. The van der Waals surface area contributed by atoms with Crippen molar-refractivity contribution in [3.05, 3.63) is 0 Å². The van der Waals surface area contributed by atoms with Crippen molar-refractivity contribution in [2.24, 2.45) is 0 Å². The van der Waals surface area contributed by atoms with Gasteiger partial charge in [0, 0.05) is 0 Å². The van der Waals surface area contributed by atoms with Gasteiger partial charge in [0.05, 0.1) is 0 Å². The van der Waals surface area contributed by atoms with Crippen molar-refractivity contribution >= 4 is 30.5 Å². The van der Waals surface area contributed by atoms with Crippen molar-refractivity contribution in [3.8, 4) is 0 Å². The third-order valence-electron chi connectivity index (χ3n) is 0.167. The van der Waals surface area contributed by atoms with Gasteiger partial charge in [-0.15, -0.1) is 0 Å². The number of hydrogen-bond acceptors (Lipinski definition) is 0. The van der Waals surface area contributed by atoms with E-state index in [1.807, 2.05) is 0 Å². The van der Waals surface area contributed by atoms with Gasteiger partial charge in [-0.2, -0.15) is 0 Å². The fraction of sp³-hybridized carbons (Fsp3) is 1.00.